The number of nitrogens with zero attached hydrogens (tertiary/aromatic N) is 2. The Morgan fingerprint density at radius 2 is 1.83 bits per heavy atom. The number of alkyl halides is 3. The number of Topliss-reactive ketones (excluding diaryl/α,β-unsaturated/α-hetero) is 1. The van der Waals surface area contributed by atoms with Gasteiger partial charge in [0.2, 0.25) is 0 Å². The van der Waals surface area contributed by atoms with E-state index in [1.165, 1.54) is 17.0 Å². The van der Waals surface area contributed by atoms with Crippen molar-refractivity contribution in [3.63, 3.8) is 0 Å². The van der Waals surface area contributed by atoms with Crippen LogP contribution in [-0.4, -0.2) is 5.78 Å². The monoisotopic (exact) mass is 621 g/mol. The Bertz CT molecular complexity index is 1650. The molecule has 5 nitrogen and oxygen atoms in total. The number of hydrogen-bond acceptors (Lipinski definition) is 5. The first kappa shape index (κ1) is 28.5. The molecule has 0 saturated heterocycles. The van der Waals surface area contributed by atoms with Crippen LogP contribution in [0.2, 0.25) is 0 Å². The zero-order valence-corrected chi connectivity index (χ0v) is 24.1. The Morgan fingerprint density at radius 3 is 2.54 bits per heavy atom. The van der Waals surface area contributed by atoms with Crippen molar-refractivity contribution in [2.24, 2.45) is 5.73 Å². The van der Waals surface area contributed by atoms with Gasteiger partial charge in [0, 0.05) is 23.4 Å². The van der Waals surface area contributed by atoms with Gasteiger partial charge in [-0.1, -0.05) is 30.3 Å². The molecular weight excluding hydrogens is 595 g/mol. The molecule has 3 aromatic rings. The molecule has 2 N–H and O–H groups in total. The summed E-state index contributed by atoms with van der Waals surface area (Å²) in [6.45, 7) is 4.14. The third-order valence-corrected chi connectivity index (χ3v) is 8.26. The van der Waals surface area contributed by atoms with Gasteiger partial charge in [-0.3, -0.25) is 9.69 Å². The van der Waals surface area contributed by atoms with Crippen LogP contribution < -0.4 is 15.4 Å². The summed E-state index contributed by atoms with van der Waals surface area (Å²) in [5.41, 5.74) is 10.5. The predicted molar refractivity (Wildman–Crippen MR) is 154 cm³/mol. The highest BCUT2D eigenvalue weighted by Crippen LogP contribution is 2.48. The van der Waals surface area contributed by atoms with E-state index in [-0.39, 0.29) is 35.9 Å². The Hall–Kier alpha value is -4.03. The lowest BCUT2D eigenvalue weighted by Gasteiger charge is -2.40. The van der Waals surface area contributed by atoms with Gasteiger partial charge in [-0.15, -0.1) is 0 Å². The second-order valence-corrected chi connectivity index (χ2v) is 11.1. The van der Waals surface area contributed by atoms with E-state index in [2.05, 4.69) is 22.0 Å². The second-order valence-electron chi connectivity index (χ2n) is 10.2. The summed E-state index contributed by atoms with van der Waals surface area (Å²) in [5.74, 6) is -0.180. The summed E-state index contributed by atoms with van der Waals surface area (Å²) in [7, 11) is 0. The maximum Gasteiger partial charge on any atom is 0.416 e. The number of hydrogen-bond donors (Lipinski definition) is 1. The molecule has 5 rings (SSSR count). The maximum atomic E-state index is 13.6. The SMILES string of the molecule is Cc1cc(C)c(C2C(C#N)=C(N)N(c3cccc(C(F)(F)F)c3)C3=C2C(=O)CCC3)cc1COc1ccccc1Br. The Balaban J connectivity index is 1.64. The van der Waals surface area contributed by atoms with Crippen molar-refractivity contribution in [1.29, 1.82) is 5.26 Å². The molecule has 1 heterocycles. The van der Waals surface area contributed by atoms with Crippen LogP contribution in [0.1, 0.15) is 53.0 Å². The molecule has 0 bridgehead atoms. The van der Waals surface area contributed by atoms with E-state index in [0.717, 1.165) is 38.9 Å². The summed E-state index contributed by atoms with van der Waals surface area (Å²) < 4.78 is 47.6. The average Bonchev–Trinajstić information content (AvgIpc) is 2.93. The molecule has 1 aliphatic carbocycles. The number of allylic oxidation sites excluding steroid dienone is 3. The molecule has 1 unspecified atom stereocenters. The summed E-state index contributed by atoms with van der Waals surface area (Å²) in [6, 6.07) is 18.4. The van der Waals surface area contributed by atoms with E-state index in [9.17, 15) is 23.2 Å². The Labute approximate surface area is 244 Å². The Morgan fingerprint density at radius 1 is 1.07 bits per heavy atom. The number of para-hydroxylation sites is 1. The fraction of sp³-hybridized carbons (Fsp3) is 0.250. The number of carbonyl (C=O) groups excluding carboxylic acids is 1. The molecular formula is C32H27BrF3N3O2. The Kier molecular flexibility index (Phi) is 7.71. The highest BCUT2D eigenvalue weighted by Gasteiger charge is 2.41. The molecule has 0 amide bonds. The summed E-state index contributed by atoms with van der Waals surface area (Å²) >= 11 is 3.49. The van der Waals surface area contributed by atoms with Gasteiger partial charge in [0.05, 0.1) is 27.6 Å². The molecule has 0 spiro atoms. The number of aryl methyl sites for hydroxylation is 2. The molecule has 9 heteroatoms. The van der Waals surface area contributed by atoms with Crippen LogP contribution in [0.5, 0.6) is 5.75 Å². The number of halogens is 4. The van der Waals surface area contributed by atoms with Crippen molar-refractivity contribution in [2.75, 3.05) is 4.90 Å². The van der Waals surface area contributed by atoms with E-state index >= 15 is 0 Å². The number of benzene rings is 3. The van der Waals surface area contributed by atoms with Crippen molar-refractivity contribution in [3.05, 3.63) is 116 Å². The molecule has 210 valence electrons. The largest absolute Gasteiger partial charge is 0.488 e. The van der Waals surface area contributed by atoms with Crippen LogP contribution in [0.15, 0.2) is 87.8 Å². The van der Waals surface area contributed by atoms with Crippen LogP contribution in [0.3, 0.4) is 0 Å². The minimum absolute atomic E-state index is 0.0243. The van der Waals surface area contributed by atoms with Crippen molar-refractivity contribution in [3.8, 4) is 11.8 Å². The van der Waals surface area contributed by atoms with Crippen LogP contribution in [0, 0.1) is 25.2 Å². The van der Waals surface area contributed by atoms with Crippen LogP contribution in [-0.2, 0) is 17.6 Å². The van der Waals surface area contributed by atoms with Gasteiger partial charge in [-0.2, -0.15) is 18.4 Å². The fourth-order valence-corrected chi connectivity index (χ4v) is 6.01. The quantitative estimate of drug-likeness (QED) is 0.312. The molecule has 1 aliphatic heterocycles. The van der Waals surface area contributed by atoms with Gasteiger partial charge in [-0.05, 0) is 95.2 Å². The number of ketones is 1. The number of nitrogens with two attached hydrogens (primary N) is 1. The third-order valence-electron chi connectivity index (χ3n) is 7.60. The maximum absolute atomic E-state index is 13.6. The minimum Gasteiger partial charge on any atom is -0.488 e. The lowest BCUT2D eigenvalue weighted by atomic mass is 9.74. The molecule has 2 aliphatic rings. The third kappa shape index (κ3) is 5.36. The number of ether oxygens (including phenoxy) is 1. The van der Waals surface area contributed by atoms with Crippen molar-refractivity contribution >= 4 is 27.4 Å². The van der Waals surface area contributed by atoms with E-state index in [0.29, 0.717) is 29.9 Å². The zero-order valence-electron chi connectivity index (χ0n) is 22.5. The first-order chi connectivity index (χ1) is 19.5. The van der Waals surface area contributed by atoms with Crippen molar-refractivity contribution < 1.29 is 22.7 Å². The van der Waals surface area contributed by atoms with Crippen molar-refractivity contribution in [1.82, 2.24) is 0 Å². The molecule has 0 saturated carbocycles. The fourth-order valence-electron chi connectivity index (χ4n) is 5.61. The number of anilines is 1. The van der Waals surface area contributed by atoms with Gasteiger partial charge in [-0.25, -0.2) is 0 Å². The number of carbonyl (C=O) groups is 1. The first-order valence-corrected chi connectivity index (χ1v) is 13.9. The van der Waals surface area contributed by atoms with Crippen LogP contribution in [0.25, 0.3) is 0 Å². The average molecular weight is 622 g/mol. The van der Waals surface area contributed by atoms with Gasteiger partial charge in [0.1, 0.15) is 18.2 Å². The van der Waals surface area contributed by atoms with E-state index < -0.39 is 17.7 Å². The van der Waals surface area contributed by atoms with E-state index in [1.807, 2.05) is 50.2 Å². The van der Waals surface area contributed by atoms with E-state index in [1.54, 1.807) is 0 Å². The van der Waals surface area contributed by atoms with Crippen molar-refractivity contribution in [2.45, 2.75) is 51.8 Å². The molecule has 0 radical (unpaired) electrons. The first-order valence-electron chi connectivity index (χ1n) is 13.1. The highest BCUT2D eigenvalue weighted by atomic mass is 79.9. The van der Waals surface area contributed by atoms with Gasteiger partial charge in [0.15, 0.2) is 5.78 Å². The lowest BCUT2D eigenvalue weighted by Crippen LogP contribution is -2.39. The van der Waals surface area contributed by atoms with Crippen LogP contribution >= 0.6 is 15.9 Å². The van der Waals surface area contributed by atoms with Gasteiger partial charge >= 0.3 is 6.18 Å². The highest BCUT2D eigenvalue weighted by molar-refractivity contribution is 9.10. The summed E-state index contributed by atoms with van der Waals surface area (Å²) in [5, 5.41) is 10.4. The molecule has 0 fully saturated rings. The van der Waals surface area contributed by atoms with Gasteiger partial charge < -0.3 is 10.5 Å². The molecule has 0 aromatic heterocycles. The smallest absolute Gasteiger partial charge is 0.416 e. The second kappa shape index (κ2) is 11.1. The zero-order chi connectivity index (χ0) is 29.5. The minimum atomic E-state index is -4.56. The normalized spacial score (nSPS) is 17.4. The summed E-state index contributed by atoms with van der Waals surface area (Å²) in [4.78, 5) is 15.0. The molecule has 41 heavy (non-hydrogen) atoms. The summed E-state index contributed by atoms with van der Waals surface area (Å²) in [6.07, 6.45) is -3.30. The van der Waals surface area contributed by atoms with E-state index in [4.69, 9.17) is 10.5 Å². The van der Waals surface area contributed by atoms with Crippen LogP contribution in [0.4, 0.5) is 18.9 Å². The topological polar surface area (TPSA) is 79.4 Å². The molecule has 1 atom stereocenters. The number of rotatable bonds is 5. The standard InChI is InChI=1S/C32H27BrF3N3O2/c1-18-13-19(2)23(14-20(18)17-41-28-12-4-3-9-25(28)33)29-24(16-37)31(38)39(26-10-6-11-27(40)30(26)29)22-8-5-7-21(15-22)32(34,35)36/h3-5,7-9,12-15,29H,6,10-11,17,38H2,1-2H3. The number of nitriles is 1. The molecule has 3 aromatic carbocycles. The van der Waals surface area contributed by atoms with Gasteiger partial charge in [0.25, 0.3) is 0 Å². The predicted octanol–water partition coefficient (Wildman–Crippen LogP) is 7.97. The lowest BCUT2D eigenvalue weighted by molar-refractivity contribution is -0.137.